The van der Waals surface area contributed by atoms with E-state index >= 15 is 0 Å². The summed E-state index contributed by atoms with van der Waals surface area (Å²) in [6.07, 6.45) is 0. The fraction of sp³-hybridized carbons (Fsp3) is 0.125. The number of thioether (sulfide) groups is 1. The molecule has 0 aromatic heterocycles. The van der Waals surface area contributed by atoms with Crippen LogP contribution in [0.5, 0.6) is 0 Å². The second-order valence-electron chi connectivity index (χ2n) is 4.13. The number of nitrogens with zero attached hydrogens (tertiary/aromatic N) is 2. The molecule has 0 unspecified atom stereocenters. The first-order valence-electron chi connectivity index (χ1n) is 6.62. The number of para-hydroxylation sites is 1. The Morgan fingerprint density at radius 1 is 1.09 bits per heavy atom. The fourth-order valence-corrected chi connectivity index (χ4v) is 2.40. The van der Waals surface area contributed by atoms with E-state index in [-0.39, 0.29) is 16.7 Å². The molecule has 2 rings (SSSR count). The number of halogens is 1. The molecule has 7 heteroatoms. The molecule has 0 spiro atoms. The molecular formula is C16H17FN4OS. The SMILES string of the molecule is CF.N=NN(C(=N)SCC(=O)c1ccccc1)c1ccccc1. The quantitative estimate of drug-likeness (QED) is 0.276. The summed E-state index contributed by atoms with van der Waals surface area (Å²) in [5.41, 5.74) is 8.43. The molecule has 0 amide bonds. The van der Waals surface area contributed by atoms with Gasteiger partial charge in [0.05, 0.1) is 18.6 Å². The average molecular weight is 332 g/mol. The van der Waals surface area contributed by atoms with E-state index in [0.717, 1.165) is 11.8 Å². The summed E-state index contributed by atoms with van der Waals surface area (Å²) < 4.78 is 9.50. The van der Waals surface area contributed by atoms with Crippen molar-refractivity contribution in [3.63, 3.8) is 0 Å². The van der Waals surface area contributed by atoms with E-state index in [1.807, 2.05) is 12.1 Å². The van der Waals surface area contributed by atoms with Crippen LogP contribution in [-0.4, -0.2) is 23.9 Å². The number of carbonyl (C=O) groups is 1. The van der Waals surface area contributed by atoms with Crippen LogP contribution < -0.4 is 5.01 Å². The molecule has 0 aliphatic heterocycles. The maximum absolute atomic E-state index is 12.0. The van der Waals surface area contributed by atoms with Crippen LogP contribution in [0.4, 0.5) is 10.1 Å². The minimum Gasteiger partial charge on any atom is -0.293 e. The van der Waals surface area contributed by atoms with Crippen LogP contribution in [0, 0.1) is 10.9 Å². The van der Waals surface area contributed by atoms with Gasteiger partial charge in [-0.1, -0.05) is 65.5 Å². The number of carbonyl (C=O) groups excluding carboxylic acids is 1. The van der Waals surface area contributed by atoms with Crippen molar-refractivity contribution in [1.82, 2.24) is 0 Å². The van der Waals surface area contributed by atoms with Gasteiger partial charge in [-0.2, -0.15) is 10.5 Å². The first-order valence-corrected chi connectivity index (χ1v) is 7.61. The Kier molecular flexibility index (Phi) is 8.23. The van der Waals surface area contributed by atoms with Crippen molar-refractivity contribution in [3.8, 4) is 0 Å². The first-order chi connectivity index (χ1) is 11.2. The second-order valence-corrected chi connectivity index (χ2v) is 5.09. The van der Waals surface area contributed by atoms with Gasteiger partial charge in [-0.15, -0.1) is 0 Å². The summed E-state index contributed by atoms with van der Waals surface area (Å²) >= 11 is 1.05. The monoisotopic (exact) mass is 332 g/mol. The largest absolute Gasteiger partial charge is 0.293 e. The number of Topliss-reactive ketones (excluding diaryl/α,β-unsaturated/α-hetero) is 1. The van der Waals surface area contributed by atoms with E-state index < -0.39 is 0 Å². The van der Waals surface area contributed by atoms with Gasteiger partial charge >= 0.3 is 0 Å². The highest BCUT2D eigenvalue weighted by molar-refractivity contribution is 8.14. The molecule has 2 aromatic carbocycles. The molecule has 0 aliphatic carbocycles. The van der Waals surface area contributed by atoms with Crippen molar-refractivity contribution in [2.75, 3.05) is 17.9 Å². The molecule has 0 fully saturated rings. The number of benzene rings is 2. The Labute approximate surface area is 138 Å². The van der Waals surface area contributed by atoms with Gasteiger partial charge in [0, 0.05) is 5.56 Å². The zero-order chi connectivity index (χ0) is 17.1. The van der Waals surface area contributed by atoms with Crippen molar-refractivity contribution < 1.29 is 9.18 Å². The molecule has 120 valence electrons. The van der Waals surface area contributed by atoms with E-state index in [9.17, 15) is 9.18 Å². The lowest BCUT2D eigenvalue weighted by Crippen LogP contribution is -2.22. The Morgan fingerprint density at radius 2 is 1.61 bits per heavy atom. The molecule has 0 radical (unpaired) electrons. The Morgan fingerprint density at radius 3 is 2.13 bits per heavy atom. The maximum atomic E-state index is 12.0. The van der Waals surface area contributed by atoms with Crippen LogP contribution in [0.3, 0.4) is 0 Å². The molecular weight excluding hydrogens is 315 g/mol. The zero-order valence-corrected chi connectivity index (χ0v) is 13.4. The molecule has 0 saturated heterocycles. The van der Waals surface area contributed by atoms with E-state index in [1.54, 1.807) is 48.5 Å². The van der Waals surface area contributed by atoms with Gasteiger partial charge in [-0.3, -0.25) is 14.6 Å². The lowest BCUT2D eigenvalue weighted by molar-refractivity contribution is 0.102. The number of amidine groups is 1. The minimum absolute atomic E-state index is 0.0421. The highest BCUT2D eigenvalue weighted by atomic mass is 32.2. The maximum Gasteiger partial charge on any atom is 0.183 e. The highest BCUT2D eigenvalue weighted by Gasteiger charge is 2.14. The molecule has 0 bridgehead atoms. The Bertz CT molecular complexity index is 637. The molecule has 5 nitrogen and oxygen atoms in total. The van der Waals surface area contributed by atoms with Gasteiger partial charge in [0.15, 0.2) is 11.0 Å². The van der Waals surface area contributed by atoms with Crippen LogP contribution in [0.2, 0.25) is 0 Å². The van der Waals surface area contributed by atoms with Crippen LogP contribution in [0.25, 0.3) is 0 Å². The van der Waals surface area contributed by atoms with E-state index in [2.05, 4.69) is 5.22 Å². The zero-order valence-electron chi connectivity index (χ0n) is 12.6. The van der Waals surface area contributed by atoms with Crippen LogP contribution in [0.15, 0.2) is 65.9 Å². The summed E-state index contributed by atoms with van der Waals surface area (Å²) in [5, 5.41) is 12.5. The predicted molar refractivity (Wildman–Crippen MR) is 92.1 cm³/mol. The normalized spacial score (nSPS) is 9.30. The van der Waals surface area contributed by atoms with Crippen molar-refractivity contribution in [3.05, 3.63) is 66.2 Å². The topological polar surface area (TPSA) is 80.4 Å². The fourth-order valence-electron chi connectivity index (χ4n) is 1.69. The lowest BCUT2D eigenvalue weighted by Gasteiger charge is -2.16. The van der Waals surface area contributed by atoms with E-state index in [0.29, 0.717) is 18.4 Å². The van der Waals surface area contributed by atoms with E-state index in [4.69, 9.17) is 10.9 Å². The third-order valence-corrected chi connectivity index (χ3v) is 3.58. The van der Waals surface area contributed by atoms with Crippen molar-refractivity contribution in [1.29, 1.82) is 10.9 Å². The summed E-state index contributed by atoms with van der Waals surface area (Å²) in [5.74, 6) is 0.0881. The molecule has 2 aromatic rings. The Hall–Kier alpha value is -2.54. The molecule has 0 aliphatic rings. The highest BCUT2D eigenvalue weighted by Crippen LogP contribution is 2.19. The first kappa shape index (κ1) is 18.5. The van der Waals surface area contributed by atoms with Crippen LogP contribution in [0.1, 0.15) is 10.4 Å². The third kappa shape index (κ3) is 5.63. The second kappa shape index (κ2) is 10.2. The number of rotatable bonds is 5. The van der Waals surface area contributed by atoms with Crippen molar-refractivity contribution in [2.45, 2.75) is 0 Å². The van der Waals surface area contributed by atoms with Gasteiger partial charge in [-0.25, -0.2) is 0 Å². The summed E-state index contributed by atoms with van der Waals surface area (Å²) in [6.45, 7) is 0. The molecule has 0 saturated carbocycles. The number of anilines is 1. The lowest BCUT2D eigenvalue weighted by atomic mass is 10.2. The summed E-state index contributed by atoms with van der Waals surface area (Å²) in [6, 6.07) is 17.9. The van der Waals surface area contributed by atoms with Gasteiger partial charge < -0.3 is 0 Å². The van der Waals surface area contributed by atoms with Crippen molar-refractivity contribution in [2.24, 2.45) is 5.22 Å². The van der Waals surface area contributed by atoms with Crippen LogP contribution >= 0.6 is 11.8 Å². The van der Waals surface area contributed by atoms with Crippen LogP contribution in [-0.2, 0) is 0 Å². The van der Waals surface area contributed by atoms with Gasteiger partial charge in [0.1, 0.15) is 0 Å². The smallest absolute Gasteiger partial charge is 0.183 e. The summed E-state index contributed by atoms with van der Waals surface area (Å²) in [7, 11) is 0.500. The van der Waals surface area contributed by atoms with Gasteiger partial charge in [0.2, 0.25) is 0 Å². The van der Waals surface area contributed by atoms with Gasteiger partial charge in [-0.05, 0) is 12.1 Å². The summed E-state index contributed by atoms with van der Waals surface area (Å²) in [4.78, 5) is 12.0. The standard InChI is InChI=1S/C15H14N4OS.CH3F/c16-15(19(18-17)13-9-5-2-6-10-13)21-11-14(20)12-7-3-1-4-8-12;1-2/h1-10,16-17H,11H2;1H3. The predicted octanol–water partition coefficient (Wildman–Crippen LogP) is 4.58. The molecule has 2 N–H and O–H groups in total. The number of hydrogen-bond donors (Lipinski definition) is 2. The molecule has 23 heavy (non-hydrogen) atoms. The molecule has 0 heterocycles. The van der Waals surface area contributed by atoms with Crippen molar-refractivity contribution >= 4 is 28.4 Å². The Balaban J connectivity index is 0.00000127. The van der Waals surface area contributed by atoms with Gasteiger partial charge in [0.25, 0.3) is 0 Å². The number of alkyl halides is 1. The minimum atomic E-state index is -0.0525. The number of hydrogen-bond acceptors (Lipinski definition) is 5. The molecule has 0 atom stereocenters. The number of nitrogens with one attached hydrogen (secondary N) is 2. The van der Waals surface area contributed by atoms with E-state index in [1.165, 1.54) is 5.01 Å². The third-order valence-electron chi connectivity index (χ3n) is 2.73. The number of ketones is 1. The average Bonchev–Trinajstić information content (AvgIpc) is 2.63.